The fourth-order valence-electron chi connectivity index (χ4n) is 2.95. The van der Waals surface area contributed by atoms with Crippen molar-refractivity contribution in [1.82, 2.24) is 5.32 Å². The van der Waals surface area contributed by atoms with E-state index in [9.17, 15) is 4.79 Å². The Labute approximate surface area is 100.0 Å². The van der Waals surface area contributed by atoms with E-state index in [2.05, 4.69) is 5.32 Å². The van der Waals surface area contributed by atoms with Crippen LogP contribution < -0.4 is 5.32 Å². The molecule has 1 N–H and O–H groups in total. The van der Waals surface area contributed by atoms with E-state index in [4.69, 9.17) is 11.6 Å². The molecular formula is C13H14ClNO. The zero-order valence-electron chi connectivity index (χ0n) is 9.05. The Kier molecular flexibility index (Phi) is 2.30. The minimum Gasteiger partial charge on any atom is -0.317 e. The van der Waals surface area contributed by atoms with Gasteiger partial charge in [0.2, 0.25) is 0 Å². The van der Waals surface area contributed by atoms with Gasteiger partial charge in [-0.3, -0.25) is 4.79 Å². The molecular weight excluding hydrogens is 222 g/mol. The fourth-order valence-corrected chi connectivity index (χ4v) is 3.13. The standard InChI is InChI=1S/C13H14ClNO/c14-10-2-1-9-8-13(3-5-15-6-4-13)12(16)11(9)7-10/h1-2,7,15H,3-6,8H2. The summed E-state index contributed by atoms with van der Waals surface area (Å²) in [4.78, 5) is 12.4. The smallest absolute Gasteiger partial charge is 0.169 e. The fraction of sp³-hybridized carbons (Fsp3) is 0.462. The number of fused-ring (bicyclic) bond motifs is 1. The summed E-state index contributed by atoms with van der Waals surface area (Å²) < 4.78 is 0. The second-order valence-electron chi connectivity index (χ2n) is 4.84. The van der Waals surface area contributed by atoms with Crippen LogP contribution in [-0.2, 0) is 6.42 Å². The van der Waals surface area contributed by atoms with Gasteiger partial charge in [-0.05, 0) is 50.0 Å². The molecule has 0 saturated carbocycles. The maximum atomic E-state index is 12.4. The van der Waals surface area contributed by atoms with Crippen molar-refractivity contribution >= 4 is 17.4 Å². The van der Waals surface area contributed by atoms with Crippen LogP contribution >= 0.6 is 11.6 Å². The van der Waals surface area contributed by atoms with Crippen LogP contribution in [-0.4, -0.2) is 18.9 Å². The van der Waals surface area contributed by atoms with Gasteiger partial charge in [0.1, 0.15) is 0 Å². The van der Waals surface area contributed by atoms with Crippen LogP contribution in [0.5, 0.6) is 0 Å². The molecule has 0 unspecified atom stereocenters. The largest absolute Gasteiger partial charge is 0.317 e. The highest BCUT2D eigenvalue weighted by Gasteiger charge is 2.45. The van der Waals surface area contributed by atoms with E-state index in [1.165, 1.54) is 5.56 Å². The normalized spacial score (nSPS) is 22.4. The average Bonchev–Trinajstić information content (AvgIpc) is 2.55. The topological polar surface area (TPSA) is 29.1 Å². The third kappa shape index (κ3) is 1.40. The molecule has 0 aromatic heterocycles. The van der Waals surface area contributed by atoms with Crippen molar-refractivity contribution in [2.75, 3.05) is 13.1 Å². The van der Waals surface area contributed by atoms with Gasteiger partial charge in [0, 0.05) is 16.0 Å². The summed E-state index contributed by atoms with van der Waals surface area (Å²) in [5.74, 6) is 0.312. The van der Waals surface area contributed by atoms with Crippen molar-refractivity contribution in [3.63, 3.8) is 0 Å². The number of ketones is 1. The van der Waals surface area contributed by atoms with E-state index in [0.29, 0.717) is 10.8 Å². The summed E-state index contributed by atoms with van der Waals surface area (Å²) >= 11 is 5.95. The van der Waals surface area contributed by atoms with Gasteiger partial charge in [-0.15, -0.1) is 0 Å². The van der Waals surface area contributed by atoms with Gasteiger partial charge in [-0.1, -0.05) is 17.7 Å². The molecule has 1 aliphatic carbocycles. The lowest BCUT2D eigenvalue weighted by Gasteiger charge is -2.31. The first-order valence-corrected chi connectivity index (χ1v) is 6.13. The molecule has 1 saturated heterocycles. The molecule has 1 heterocycles. The summed E-state index contributed by atoms with van der Waals surface area (Å²) in [7, 11) is 0. The number of rotatable bonds is 0. The van der Waals surface area contributed by atoms with Gasteiger partial charge in [0.05, 0.1) is 0 Å². The van der Waals surface area contributed by atoms with Gasteiger partial charge in [0.25, 0.3) is 0 Å². The molecule has 0 amide bonds. The SMILES string of the molecule is O=C1c2cc(Cl)ccc2CC12CCNCC2. The van der Waals surface area contributed by atoms with Crippen molar-refractivity contribution in [1.29, 1.82) is 0 Å². The first-order valence-electron chi connectivity index (χ1n) is 5.75. The predicted octanol–water partition coefficient (Wildman–Crippen LogP) is 2.45. The molecule has 2 nitrogen and oxygen atoms in total. The van der Waals surface area contributed by atoms with Crippen LogP contribution in [0.25, 0.3) is 0 Å². The predicted molar refractivity (Wildman–Crippen MR) is 64.0 cm³/mol. The van der Waals surface area contributed by atoms with Gasteiger partial charge in [-0.2, -0.15) is 0 Å². The lowest BCUT2D eigenvalue weighted by molar-refractivity contribution is 0.0762. The zero-order chi connectivity index (χ0) is 11.2. The van der Waals surface area contributed by atoms with Crippen LogP contribution in [0.15, 0.2) is 18.2 Å². The first-order chi connectivity index (χ1) is 7.71. The second-order valence-corrected chi connectivity index (χ2v) is 5.27. The number of piperidine rings is 1. The molecule has 2 aliphatic rings. The van der Waals surface area contributed by atoms with Crippen LogP contribution in [0, 0.1) is 5.41 Å². The molecule has 0 atom stereocenters. The number of halogens is 1. The minimum atomic E-state index is -0.127. The number of carbonyl (C=O) groups is 1. The lowest BCUT2D eigenvalue weighted by Crippen LogP contribution is -2.40. The van der Waals surface area contributed by atoms with E-state index < -0.39 is 0 Å². The number of Topliss-reactive ketones (excluding diaryl/α,β-unsaturated/α-hetero) is 1. The number of hydrogen-bond acceptors (Lipinski definition) is 2. The van der Waals surface area contributed by atoms with Gasteiger partial charge in [0.15, 0.2) is 5.78 Å². The highest BCUT2D eigenvalue weighted by molar-refractivity contribution is 6.31. The summed E-state index contributed by atoms with van der Waals surface area (Å²) in [6.45, 7) is 1.90. The van der Waals surface area contributed by atoms with E-state index >= 15 is 0 Å². The Morgan fingerprint density at radius 1 is 1.25 bits per heavy atom. The van der Waals surface area contributed by atoms with E-state index in [1.54, 1.807) is 0 Å². The van der Waals surface area contributed by atoms with E-state index in [1.807, 2.05) is 18.2 Å². The highest BCUT2D eigenvalue weighted by Crippen LogP contribution is 2.43. The van der Waals surface area contributed by atoms with Crippen LogP contribution in [0.1, 0.15) is 28.8 Å². The Morgan fingerprint density at radius 2 is 2.00 bits per heavy atom. The molecule has 84 valence electrons. The van der Waals surface area contributed by atoms with Crippen molar-refractivity contribution in [2.24, 2.45) is 5.41 Å². The van der Waals surface area contributed by atoms with Crippen molar-refractivity contribution in [2.45, 2.75) is 19.3 Å². The number of hydrogen-bond donors (Lipinski definition) is 1. The Hall–Kier alpha value is -0.860. The van der Waals surface area contributed by atoms with Gasteiger partial charge >= 0.3 is 0 Å². The third-order valence-electron chi connectivity index (χ3n) is 3.89. The molecule has 1 spiro atoms. The zero-order valence-corrected chi connectivity index (χ0v) is 9.81. The number of carbonyl (C=O) groups excluding carboxylic acids is 1. The summed E-state index contributed by atoms with van der Waals surface area (Å²) in [5.41, 5.74) is 1.91. The van der Waals surface area contributed by atoms with E-state index in [-0.39, 0.29) is 5.41 Å². The van der Waals surface area contributed by atoms with Gasteiger partial charge < -0.3 is 5.32 Å². The molecule has 1 aromatic carbocycles. The van der Waals surface area contributed by atoms with Crippen molar-refractivity contribution < 1.29 is 4.79 Å². The quantitative estimate of drug-likeness (QED) is 0.749. The average molecular weight is 236 g/mol. The lowest BCUT2D eigenvalue weighted by atomic mass is 9.75. The molecule has 16 heavy (non-hydrogen) atoms. The second kappa shape index (κ2) is 3.57. The molecule has 1 aliphatic heterocycles. The minimum absolute atomic E-state index is 0.127. The molecule has 0 bridgehead atoms. The van der Waals surface area contributed by atoms with Crippen LogP contribution in [0.4, 0.5) is 0 Å². The molecule has 1 aromatic rings. The maximum Gasteiger partial charge on any atom is 0.169 e. The van der Waals surface area contributed by atoms with Crippen LogP contribution in [0.2, 0.25) is 5.02 Å². The van der Waals surface area contributed by atoms with Gasteiger partial charge in [-0.25, -0.2) is 0 Å². The summed E-state index contributed by atoms with van der Waals surface area (Å²) in [5, 5.41) is 3.98. The Balaban J connectivity index is 2.02. The maximum absolute atomic E-state index is 12.4. The Morgan fingerprint density at radius 3 is 2.75 bits per heavy atom. The third-order valence-corrected chi connectivity index (χ3v) is 4.12. The monoisotopic (exact) mass is 235 g/mol. The van der Waals surface area contributed by atoms with E-state index in [0.717, 1.165) is 37.9 Å². The molecule has 1 fully saturated rings. The summed E-state index contributed by atoms with van der Waals surface area (Å²) in [6.07, 6.45) is 2.82. The summed E-state index contributed by atoms with van der Waals surface area (Å²) in [6, 6.07) is 5.72. The number of benzene rings is 1. The van der Waals surface area contributed by atoms with Crippen molar-refractivity contribution in [3.05, 3.63) is 34.3 Å². The first kappa shape index (κ1) is 10.3. The molecule has 3 heteroatoms. The molecule has 0 radical (unpaired) electrons. The van der Waals surface area contributed by atoms with Crippen LogP contribution in [0.3, 0.4) is 0 Å². The molecule has 3 rings (SSSR count). The van der Waals surface area contributed by atoms with Crippen molar-refractivity contribution in [3.8, 4) is 0 Å². The number of nitrogens with one attached hydrogen (secondary N) is 1. The highest BCUT2D eigenvalue weighted by atomic mass is 35.5. The Bertz CT molecular complexity index is 449.